The monoisotopic (exact) mass is 597 g/mol. The molecule has 4 aromatic carbocycles. The molecular weight excluding hydrogens is 563 g/mol. The molecule has 8 heteroatoms. The smallest absolute Gasteiger partial charge is 0.412 e. The Morgan fingerprint density at radius 3 is 1.74 bits per heavy atom. The zero-order valence-electron chi connectivity index (χ0n) is 23.9. The van der Waals surface area contributed by atoms with Crippen LogP contribution < -0.4 is 15.7 Å². The number of amides is 1. The molecule has 0 spiro atoms. The summed E-state index contributed by atoms with van der Waals surface area (Å²) in [7, 11) is -6.98. The molecule has 216 valence electrons. The topological polar surface area (TPSA) is 81.7 Å². The maximum absolute atomic E-state index is 13.9. The number of hydrogen-bond donors (Lipinski definition) is 1. The van der Waals surface area contributed by atoms with E-state index >= 15 is 0 Å². The molecule has 2 atom stereocenters. The molecule has 0 saturated heterocycles. The molecule has 1 aliphatic carbocycles. The van der Waals surface area contributed by atoms with E-state index in [1.807, 2.05) is 42.5 Å². The highest BCUT2D eigenvalue weighted by molar-refractivity contribution is 7.95. The van der Waals surface area contributed by atoms with Crippen LogP contribution in [0.15, 0.2) is 137 Å². The Kier molecular flexibility index (Phi) is 8.50. The Morgan fingerprint density at radius 1 is 0.762 bits per heavy atom. The van der Waals surface area contributed by atoms with Gasteiger partial charge in [0.1, 0.15) is 6.10 Å². The Balaban J connectivity index is 1.56. The number of sulfone groups is 1. The van der Waals surface area contributed by atoms with Gasteiger partial charge in [-0.15, -0.1) is 0 Å². The fraction of sp³-hybridized carbons (Fsp3) is 0.206. The van der Waals surface area contributed by atoms with Crippen LogP contribution in [0.5, 0.6) is 0 Å². The third-order valence-corrected chi connectivity index (χ3v) is 14.5. The Hall–Kier alpha value is -3.98. The van der Waals surface area contributed by atoms with Crippen LogP contribution in [0.3, 0.4) is 0 Å². The second-order valence-corrected chi connectivity index (χ2v) is 17.5. The summed E-state index contributed by atoms with van der Waals surface area (Å²) < 4.78 is 40.8. The molecule has 0 unspecified atom stereocenters. The van der Waals surface area contributed by atoms with Crippen LogP contribution in [-0.2, 0) is 19.0 Å². The standard InChI is InChI=1S/C34H35NO5SSi/c1-34(2,3)42(29-20-12-6-13-21-29,30-22-14-7-15-23-30)40-27-24-31(39-33(36)35-26-16-8-4-9-17-26)32(25-27)41(37,38)28-18-10-5-11-19-28/h4-23,25,27,31H,24H2,1-3H3,(H,35,36)/t27-,31+/m1/s1. The van der Waals surface area contributed by atoms with Crippen LogP contribution in [0.4, 0.5) is 10.5 Å². The molecule has 0 bridgehead atoms. The summed E-state index contributed by atoms with van der Waals surface area (Å²) in [5.74, 6) is 0. The molecule has 4 aromatic rings. The van der Waals surface area contributed by atoms with Gasteiger partial charge in [0.05, 0.1) is 15.9 Å². The highest BCUT2D eigenvalue weighted by Gasteiger charge is 2.52. The lowest BCUT2D eigenvalue weighted by atomic mass is 10.2. The van der Waals surface area contributed by atoms with Crippen molar-refractivity contribution in [1.82, 2.24) is 0 Å². The minimum Gasteiger partial charge on any atom is -0.440 e. The highest BCUT2D eigenvalue weighted by atomic mass is 32.2. The van der Waals surface area contributed by atoms with Gasteiger partial charge in [-0.25, -0.2) is 13.2 Å². The van der Waals surface area contributed by atoms with Crippen LogP contribution >= 0.6 is 0 Å². The molecule has 5 rings (SSSR count). The number of hydrogen-bond acceptors (Lipinski definition) is 5. The Morgan fingerprint density at radius 2 is 1.24 bits per heavy atom. The van der Waals surface area contributed by atoms with Crippen molar-refractivity contribution in [2.45, 2.75) is 49.3 Å². The second kappa shape index (κ2) is 12.1. The average Bonchev–Trinajstić information content (AvgIpc) is 3.39. The van der Waals surface area contributed by atoms with E-state index in [9.17, 15) is 13.2 Å². The van der Waals surface area contributed by atoms with Gasteiger partial charge in [-0.2, -0.15) is 0 Å². The summed E-state index contributed by atoms with van der Waals surface area (Å²) in [5, 5.41) is 4.55. The van der Waals surface area contributed by atoms with Crippen molar-refractivity contribution >= 4 is 40.3 Å². The number of benzene rings is 4. The molecule has 1 amide bonds. The molecule has 42 heavy (non-hydrogen) atoms. The van der Waals surface area contributed by atoms with Gasteiger partial charge < -0.3 is 9.16 Å². The number of carbonyl (C=O) groups excluding carboxylic acids is 1. The lowest BCUT2D eigenvalue weighted by Gasteiger charge is -2.44. The maximum Gasteiger partial charge on any atom is 0.412 e. The number of carbonyl (C=O) groups is 1. The molecule has 0 saturated carbocycles. The van der Waals surface area contributed by atoms with Crippen molar-refractivity contribution in [1.29, 1.82) is 0 Å². The SMILES string of the molecule is CC(C)(C)[Si](O[C@H]1C=C(S(=O)(=O)c2ccccc2)[C@@H](OC(=O)Nc2ccccc2)C1)(c1ccccc1)c1ccccc1. The summed E-state index contributed by atoms with van der Waals surface area (Å²) >= 11 is 0. The quantitative estimate of drug-likeness (QED) is 0.241. The predicted octanol–water partition coefficient (Wildman–Crippen LogP) is 6.31. The molecule has 1 aliphatic rings. The lowest BCUT2D eigenvalue weighted by Crippen LogP contribution is -2.67. The van der Waals surface area contributed by atoms with E-state index in [1.165, 1.54) is 0 Å². The molecule has 0 aromatic heterocycles. The first-order valence-electron chi connectivity index (χ1n) is 13.9. The molecular formula is C34H35NO5SSi. The molecule has 0 heterocycles. The van der Waals surface area contributed by atoms with Crippen molar-refractivity contribution in [3.63, 3.8) is 0 Å². The van der Waals surface area contributed by atoms with Gasteiger partial charge in [-0.1, -0.05) is 118 Å². The number of rotatable bonds is 8. The van der Waals surface area contributed by atoms with E-state index in [4.69, 9.17) is 9.16 Å². The van der Waals surface area contributed by atoms with E-state index in [0.29, 0.717) is 5.69 Å². The van der Waals surface area contributed by atoms with E-state index in [-0.39, 0.29) is 21.3 Å². The van der Waals surface area contributed by atoms with E-state index < -0.39 is 36.5 Å². The molecule has 0 aliphatic heterocycles. The zero-order valence-corrected chi connectivity index (χ0v) is 25.8. The maximum atomic E-state index is 13.9. The average molecular weight is 598 g/mol. The van der Waals surface area contributed by atoms with Crippen molar-refractivity contribution in [2.24, 2.45) is 0 Å². The number of ether oxygens (including phenoxy) is 1. The van der Waals surface area contributed by atoms with Crippen LogP contribution in [0, 0.1) is 0 Å². The lowest BCUT2D eigenvalue weighted by molar-refractivity contribution is 0.112. The van der Waals surface area contributed by atoms with Gasteiger partial charge in [-0.05, 0) is 45.8 Å². The molecule has 0 radical (unpaired) electrons. The highest BCUT2D eigenvalue weighted by Crippen LogP contribution is 2.41. The van der Waals surface area contributed by atoms with Crippen molar-refractivity contribution in [3.8, 4) is 0 Å². The first-order chi connectivity index (χ1) is 20.1. The van der Waals surface area contributed by atoms with Crippen LogP contribution in [0.1, 0.15) is 27.2 Å². The minimum atomic E-state index is -3.97. The summed E-state index contributed by atoms with van der Waals surface area (Å²) in [6.45, 7) is 6.50. The third-order valence-electron chi connectivity index (χ3n) is 7.49. The number of nitrogens with one attached hydrogen (secondary N) is 1. The summed E-state index contributed by atoms with van der Waals surface area (Å²) in [6, 6.07) is 37.5. The third kappa shape index (κ3) is 5.97. The van der Waals surface area contributed by atoms with Crippen LogP contribution in [0.2, 0.25) is 5.04 Å². The van der Waals surface area contributed by atoms with Crippen molar-refractivity contribution < 1.29 is 22.4 Å². The fourth-order valence-electron chi connectivity index (χ4n) is 5.59. The number of para-hydroxylation sites is 1. The summed E-state index contributed by atoms with van der Waals surface area (Å²) in [5.41, 5.74) is 0.553. The second-order valence-electron chi connectivity index (χ2n) is 11.3. The normalized spacial score (nSPS) is 17.4. The Labute approximate surface area is 249 Å². The fourth-order valence-corrected chi connectivity index (χ4v) is 11.8. The van der Waals surface area contributed by atoms with Gasteiger partial charge in [-0.3, -0.25) is 5.32 Å². The van der Waals surface area contributed by atoms with Gasteiger partial charge >= 0.3 is 6.09 Å². The molecule has 6 nitrogen and oxygen atoms in total. The molecule has 1 N–H and O–H groups in total. The van der Waals surface area contributed by atoms with Gasteiger partial charge in [0.15, 0.2) is 0 Å². The van der Waals surface area contributed by atoms with Gasteiger partial charge in [0.2, 0.25) is 9.84 Å². The van der Waals surface area contributed by atoms with Gasteiger partial charge in [0.25, 0.3) is 8.32 Å². The predicted molar refractivity (Wildman–Crippen MR) is 169 cm³/mol. The summed E-state index contributed by atoms with van der Waals surface area (Å²) in [6.07, 6.45) is -0.552. The van der Waals surface area contributed by atoms with E-state index in [2.05, 4.69) is 50.4 Å². The summed E-state index contributed by atoms with van der Waals surface area (Å²) in [4.78, 5) is 13.2. The number of anilines is 1. The van der Waals surface area contributed by atoms with Crippen LogP contribution in [-0.4, -0.2) is 35.0 Å². The minimum absolute atomic E-state index is 0.0276. The Bertz CT molecular complexity index is 1600. The zero-order chi connectivity index (χ0) is 29.8. The van der Waals surface area contributed by atoms with E-state index in [1.54, 1.807) is 60.7 Å². The largest absolute Gasteiger partial charge is 0.440 e. The molecule has 0 fully saturated rings. The first-order valence-corrected chi connectivity index (χ1v) is 17.3. The van der Waals surface area contributed by atoms with Crippen molar-refractivity contribution in [2.75, 3.05) is 5.32 Å². The van der Waals surface area contributed by atoms with Gasteiger partial charge in [0, 0.05) is 12.1 Å². The van der Waals surface area contributed by atoms with Crippen molar-refractivity contribution in [3.05, 3.63) is 132 Å². The van der Waals surface area contributed by atoms with Crippen LogP contribution in [0.25, 0.3) is 0 Å². The van der Waals surface area contributed by atoms with E-state index in [0.717, 1.165) is 10.4 Å². The first kappa shape index (κ1) is 29.5.